The number of alkyl halides is 1. The van der Waals surface area contributed by atoms with Gasteiger partial charge in [0.15, 0.2) is 6.29 Å². The Balaban J connectivity index is 3.81. The molecule has 0 aromatic rings. The Morgan fingerprint density at radius 1 is 1.46 bits per heavy atom. The third-order valence-electron chi connectivity index (χ3n) is 1.18. The largest absolute Gasteiger partial charge is 0.343 e. The van der Waals surface area contributed by atoms with E-state index in [4.69, 9.17) is 14.2 Å². The maximum Gasteiger partial charge on any atom is 0.279 e. The van der Waals surface area contributed by atoms with Gasteiger partial charge in [-0.2, -0.15) is 0 Å². The lowest BCUT2D eigenvalue weighted by Gasteiger charge is -2.27. The Bertz CT molecular complexity index is 138. The molecule has 0 heterocycles. The van der Waals surface area contributed by atoms with Gasteiger partial charge in [0.05, 0.1) is 0 Å². The van der Waals surface area contributed by atoms with Crippen LogP contribution >= 0.6 is 15.9 Å². The molecule has 1 N–H and O–H groups in total. The van der Waals surface area contributed by atoms with Crippen LogP contribution in [-0.2, 0) is 14.2 Å². The number of hydrogen-bond donors (Lipinski definition) is 1. The van der Waals surface area contributed by atoms with Gasteiger partial charge in [0.25, 0.3) is 5.97 Å². The van der Waals surface area contributed by atoms with Gasteiger partial charge >= 0.3 is 0 Å². The molecule has 0 aliphatic heterocycles. The summed E-state index contributed by atoms with van der Waals surface area (Å²) in [5, 5.41) is 9.33. The molecule has 0 aliphatic rings. The van der Waals surface area contributed by atoms with Gasteiger partial charge < -0.3 is 14.6 Å². The van der Waals surface area contributed by atoms with Crippen LogP contribution in [0.2, 0.25) is 0 Å². The molecule has 0 amide bonds. The standard InChI is InChI=1S/C8H17BrO4/c1-5-11-8(4,10)13-7(3)12-6(2)9/h6-7,10H,5H2,1-4H3. The summed E-state index contributed by atoms with van der Waals surface area (Å²) in [7, 11) is 0. The second-order valence-electron chi connectivity index (χ2n) is 2.70. The molecule has 0 rings (SSSR count). The average Bonchev–Trinajstić information content (AvgIpc) is 1.81. The molecular weight excluding hydrogens is 240 g/mol. The second kappa shape index (κ2) is 5.93. The molecule has 4 nitrogen and oxygen atoms in total. The molecule has 0 aliphatic carbocycles. The monoisotopic (exact) mass is 256 g/mol. The predicted molar refractivity (Wildman–Crippen MR) is 52.3 cm³/mol. The SMILES string of the molecule is CCOC(C)(O)OC(C)OC(C)Br. The van der Waals surface area contributed by atoms with Crippen LogP contribution < -0.4 is 0 Å². The van der Waals surface area contributed by atoms with Gasteiger partial charge in [0.2, 0.25) is 0 Å². The molecular formula is C8H17BrO4. The molecule has 13 heavy (non-hydrogen) atoms. The summed E-state index contributed by atoms with van der Waals surface area (Å²) >= 11 is 3.20. The van der Waals surface area contributed by atoms with Crippen molar-refractivity contribution in [2.24, 2.45) is 0 Å². The zero-order chi connectivity index (χ0) is 10.5. The van der Waals surface area contributed by atoms with Gasteiger partial charge in [-0.05, 0) is 20.8 Å². The first-order chi connectivity index (χ1) is 5.87. The van der Waals surface area contributed by atoms with E-state index in [2.05, 4.69) is 15.9 Å². The Labute approximate surface area is 87.3 Å². The predicted octanol–water partition coefficient (Wildman–Crippen LogP) is 1.81. The summed E-state index contributed by atoms with van der Waals surface area (Å²) in [6, 6.07) is 0. The molecule has 0 aromatic heterocycles. The van der Waals surface area contributed by atoms with Crippen molar-refractivity contribution in [2.45, 2.75) is 45.0 Å². The first-order valence-electron chi connectivity index (χ1n) is 4.21. The van der Waals surface area contributed by atoms with Crippen molar-refractivity contribution in [2.75, 3.05) is 6.61 Å². The maximum absolute atomic E-state index is 9.46. The van der Waals surface area contributed by atoms with Crippen molar-refractivity contribution < 1.29 is 19.3 Å². The van der Waals surface area contributed by atoms with Crippen LogP contribution in [0.15, 0.2) is 0 Å². The molecule has 0 aromatic carbocycles. The number of rotatable bonds is 6. The van der Waals surface area contributed by atoms with Crippen LogP contribution in [0.5, 0.6) is 0 Å². The van der Waals surface area contributed by atoms with E-state index in [1.165, 1.54) is 6.92 Å². The van der Waals surface area contributed by atoms with Crippen molar-refractivity contribution >= 4 is 15.9 Å². The molecule has 0 spiro atoms. The lowest BCUT2D eigenvalue weighted by atomic mass is 10.6. The van der Waals surface area contributed by atoms with Gasteiger partial charge in [-0.25, -0.2) is 0 Å². The summed E-state index contributed by atoms with van der Waals surface area (Å²) in [4.78, 5) is 0. The third-order valence-corrected chi connectivity index (χ3v) is 1.39. The maximum atomic E-state index is 9.46. The van der Waals surface area contributed by atoms with Gasteiger partial charge in [-0.3, -0.25) is 4.74 Å². The smallest absolute Gasteiger partial charge is 0.279 e. The Hall–Kier alpha value is 0.320. The van der Waals surface area contributed by atoms with Crippen molar-refractivity contribution in [1.29, 1.82) is 0 Å². The second-order valence-corrected chi connectivity index (χ2v) is 3.98. The molecule has 0 saturated carbocycles. The molecule has 3 atom stereocenters. The van der Waals surface area contributed by atoms with Gasteiger partial charge in [-0.1, -0.05) is 15.9 Å². The fourth-order valence-electron chi connectivity index (χ4n) is 0.902. The van der Waals surface area contributed by atoms with Crippen LogP contribution in [0.4, 0.5) is 0 Å². The van der Waals surface area contributed by atoms with Crippen LogP contribution in [0, 0.1) is 0 Å². The van der Waals surface area contributed by atoms with E-state index in [1.54, 1.807) is 13.8 Å². The van der Waals surface area contributed by atoms with Crippen LogP contribution in [0.25, 0.3) is 0 Å². The molecule has 80 valence electrons. The van der Waals surface area contributed by atoms with Gasteiger partial charge in [0, 0.05) is 13.5 Å². The van der Waals surface area contributed by atoms with Crippen LogP contribution in [0.3, 0.4) is 0 Å². The highest BCUT2D eigenvalue weighted by molar-refractivity contribution is 9.09. The topological polar surface area (TPSA) is 47.9 Å². The van der Waals surface area contributed by atoms with Crippen LogP contribution in [-0.4, -0.2) is 29.0 Å². The summed E-state index contributed by atoms with van der Waals surface area (Å²) in [6.07, 6.45) is -0.532. The Morgan fingerprint density at radius 3 is 2.38 bits per heavy atom. The minimum absolute atomic E-state index is 0.125. The molecule has 0 saturated heterocycles. The molecule has 5 heteroatoms. The number of ether oxygens (including phenoxy) is 3. The van der Waals surface area contributed by atoms with Crippen molar-refractivity contribution in [3.8, 4) is 0 Å². The van der Waals surface area contributed by atoms with E-state index in [0.29, 0.717) is 6.61 Å². The fourth-order valence-corrected chi connectivity index (χ4v) is 1.21. The van der Waals surface area contributed by atoms with Crippen molar-refractivity contribution in [3.63, 3.8) is 0 Å². The first-order valence-corrected chi connectivity index (χ1v) is 5.12. The zero-order valence-electron chi connectivity index (χ0n) is 8.41. The Morgan fingerprint density at radius 2 is 2.00 bits per heavy atom. The normalized spacial score (nSPS) is 20.8. The van der Waals surface area contributed by atoms with E-state index < -0.39 is 12.3 Å². The quantitative estimate of drug-likeness (QED) is 0.582. The fraction of sp³-hybridized carbons (Fsp3) is 1.00. The summed E-state index contributed by atoms with van der Waals surface area (Å²) in [6.45, 7) is 7.08. The lowest BCUT2D eigenvalue weighted by molar-refractivity contribution is -0.390. The van der Waals surface area contributed by atoms with E-state index in [9.17, 15) is 5.11 Å². The van der Waals surface area contributed by atoms with E-state index in [0.717, 1.165) is 0 Å². The first kappa shape index (κ1) is 13.3. The summed E-state index contributed by atoms with van der Waals surface area (Å²) < 4.78 is 15.2. The number of aliphatic hydroxyl groups is 1. The minimum Gasteiger partial charge on any atom is -0.343 e. The highest BCUT2D eigenvalue weighted by atomic mass is 79.9. The van der Waals surface area contributed by atoms with Crippen molar-refractivity contribution in [3.05, 3.63) is 0 Å². The Kier molecular flexibility index (Phi) is 6.07. The van der Waals surface area contributed by atoms with E-state index in [-0.39, 0.29) is 5.01 Å². The highest BCUT2D eigenvalue weighted by Crippen LogP contribution is 2.14. The summed E-state index contributed by atoms with van der Waals surface area (Å²) in [5.41, 5.74) is 0. The molecule has 0 radical (unpaired) electrons. The van der Waals surface area contributed by atoms with Gasteiger partial charge in [0.1, 0.15) is 5.01 Å². The molecule has 3 unspecified atom stereocenters. The zero-order valence-corrected chi connectivity index (χ0v) is 10.00. The minimum atomic E-state index is -1.59. The van der Waals surface area contributed by atoms with E-state index >= 15 is 0 Å². The summed E-state index contributed by atoms with van der Waals surface area (Å²) in [5.74, 6) is -1.59. The number of hydrogen-bond acceptors (Lipinski definition) is 4. The molecule has 0 fully saturated rings. The molecule has 0 bridgehead atoms. The average molecular weight is 257 g/mol. The third kappa shape index (κ3) is 7.40. The number of halogens is 1. The van der Waals surface area contributed by atoms with Crippen LogP contribution in [0.1, 0.15) is 27.7 Å². The van der Waals surface area contributed by atoms with E-state index in [1.807, 2.05) is 6.92 Å². The van der Waals surface area contributed by atoms with Crippen molar-refractivity contribution in [1.82, 2.24) is 0 Å². The van der Waals surface area contributed by atoms with Gasteiger partial charge in [-0.15, -0.1) is 0 Å². The lowest BCUT2D eigenvalue weighted by Crippen LogP contribution is -2.36. The highest BCUT2D eigenvalue weighted by Gasteiger charge is 2.25.